The molecule has 1 rings (SSSR count). The van der Waals surface area contributed by atoms with Crippen molar-refractivity contribution in [3.63, 3.8) is 0 Å². The number of nitrogens with zero attached hydrogens (tertiary/aromatic N) is 2. The van der Waals surface area contributed by atoms with Gasteiger partial charge in [0, 0.05) is 19.5 Å². The highest BCUT2D eigenvalue weighted by molar-refractivity contribution is 5.83. The molecule has 0 radical (unpaired) electrons. The SMILES string of the molecule is CC(=O)O.CCN(CC)CCCN1CC(C)C(O)CC1C.O=C(O)C(O)C(O)C(=O)O.O=C(O)C(O)C(O)C(=O)O. The predicted octanol–water partition coefficient (Wildman–Crippen LogP) is -2.34. The molecule has 0 aromatic heterocycles. The Balaban J connectivity index is -0.000000521. The van der Waals surface area contributed by atoms with Crippen LogP contribution in [-0.2, 0) is 24.0 Å². The Bertz CT molecular complexity index is 717. The lowest BCUT2D eigenvalue weighted by molar-refractivity contribution is -0.165. The number of carboxylic acid groups (broad SMARTS) is 5. The van der Waals surface area contributed by atoms with E-state index in [2.05, 4.69) is 37.5 Å². The second-order valence-corrected chi connectivity index (χ2v) is 9.16. The van der Waals surface area contributed by atoms with E-state index in [1.54, 1.807) is 0 Å². The second-order valence-electron chi connectivity index (χ2n) is 9.16. The molecule has 10 N–H and O–H groups in total. The summed E-state index contributed by atoms with van der Waals surface area (Å²) in [6, 6.07) is 0.540. The molecule has 0 aliphatic carbocycles. The summed E-state index contributed by atoms with van der Waals surface area (Å²) in [6.07, 6.45) is -6.98. The fourth-order valence-corrected chi connectivity index (χ4v) is 3.29. The predicted molar refractivity (Wildman–Crippen MR) is 141 cm³/mol. The van der Waals surface area contributed by atoms with Gasteiger partial charge in [0.1, 0.15) is 0 Å². The Labute approximate surface area is 237 Å². The molecule has 17 nitrogen and oxygen atoms in total. The van der Waals surface area contributed by atoms with Gasteiger partial charge in [-0.2, -0.15) is 0 Å². The molecule has 0 aromatic carbocycles. The fourth-order valence-electron chi connectivity index (χ4n) is 3.29. The van der Waals surface area contributed by atoms with E-state index < -0.39 is 54.3 Å². The van der Waals surface area contributed by atoms with Crippen molar-refractivity contribution in [2.45, 2.75) is 84.0 Å². The molecule has 0 bridgehead atoms. The Hall–Kier alpha value is -2.93. The lowest BCUT2D eigenvalue weighted by Gasteiger charge is -2.40. The van der Waals surface area contributed by atoms with E-state index in [0.29, 0.717) is 12.0 Å². The maximum atomic E-state index is 9.82. The standard InChI is InChI=1S/C14H30N2O.2C4H6O6.C2H4O2/c1-5-15(6-2)8-7-9-16-11-12(3)14(17)10-13(16)4;2*5-1(3(7)8)2(6)4(9)10;1-2(3)4/h12-14,17H,5-11H2,1-4H3;2*1-2,5-6H,(H,7,8)(H,9,10);1H3,(H,3,4). The summed E-state index contributed by atoms with van der Waals surface area (Å²) in [5.41, 5.74) is 0. The molecule has 0 saturated carbocycles. The topological polar surface area (TPSA) is 294 Å². The molecule has 7 unspecified atom stereocenters. The lowest BCUT2D eigenvalue weighted by atomic mass is 9.92. The summed E-state index contributed by atoms with van der Waals surface area (Å²) >= 11 is 0. The quantitative estimate of drug-likeness (QED) is 0.112. The fraction of sp³-hybridized carbons (Fsp3) is 0.792. The van der Waals surface area contributed by atoms with Crippen molar-refractivity contribution in [3.05, 3.63) is 0 Å². The van der Waals surface area contributed by atoms with Crippen molar-refractivity contribution in [1.82, 2.24) is 9.80 Å². The summed E-state index contributed by atoms with van der Waals surface area (Å²) in [7, 11) is 0. The minimum Gasteiger partial charge on any atom is -0.481 e. The monoisotopic (exact) mass is 602 g/mol. The highest BCUT2D eigenvalue weighted by Gasteiger charge is 2.30. The van der Waals surface area contributed by atoms with Crippen molar-refractivity contribution in [2.24, 2.45) is 5.92 Å². The minimum atomic E-state index is -2.27. The van der Waals surface area contributed by atoms with Gasteiger partial charge in [0.05, 0.1) is 6.10 Å². The van der Waals surface area contributed by atoms with E-state index in [1.165, 1.54) is 19.5 Å². The zero-order chi connectivity index (χ0) is 33.0. The molecule has 242 valence electrons. The van der Waals surface area contributed by atoms with Crippen LogP contribution in [0.1, 0.15) is 47.5 Å². The van der Waals surface area contributed by atoms with Crippen LogP contribution in [0.5, 0.6) is 0 Å². The molecular formula is C24H46N2O15. The number of aliphatic carboxylic acids is 5. The van der Waals surface area contributed by atoms with Gasteiger partial charge in [-0.15, -0.1) is 0 Å². The van der Waals surface area contributed by atoms with Crippen LogP contribution in [0.3, 0.4) is 0 Å². The molecule has 1 fully saturated rings. The van der Waals surface area contributed by atoms with Crippen molar-refractivity contribution < 1.29 is 75.0 Å². The number of hydrogen-bond donors (Lipinski definition) is 10. The van der Waals surface area contributed by atoms with Crippen LogP contribution in [0.15, 0.2) is 0 Å². The van der Waals surface area contributed by atoms with E-state index in [0.717, 1.165) is 33.0 Å². The van der Waals surface area contributed by atoms with Gasteiger partial charge >= 0.3 is 23.9 Å². The maximum Gasteiger partial charge on any atom is 0.335 e. The first-order chi connectivity index (χ1) is 18.7. The van der Waals surface area contributed by atoms with Crippen LogP contribution < -0.4 is 0 Å². The second kappa shape index (κ2) is 22.7. The van der Waals surface area contributed by atoms with E-state index >= 15 is 0 Å². The molecule has 0 aromatic rings. The molecule has 7 atom stereocenters. The number of likely N-dealkylation sites (tertiary alicyclic amines) is 1. The van der Waals surface area contributed by atoms with Gasteiger partial charge in [0.2, 0.25) is 0 Å². The van der Waals surface area contributed by atoms with Crippen LogP contribution in [0.2, 0.25) is 0 Å². The number of piperidine rings is 1. The molecule has 0 amide bonds. The van der Waals surface area contributed by atoms with Crippen molar-refractivity contribution >= 4 is 29.8 Å². The highest BCUT2D eigenvalue weighted by atomic mass is 16.4. The van der Waals surface area contributed by atoms with Crippen LogP contribution >= 0.6 is 0 Å². The van der Waals surface area contributed by atoms with Crippen LogP contribution in [0, 0.1) is 5.92 Å². The number of aliphatic hydroxyl groups excluding tert-OH is 5. The number of hydrogen-bond acceptors (Lipinski definition) is 12. The third-order valence-corrected chi connectivity index (χ3v) is 5.81. The first-order valence-corrected chi connectivity index (χ1v) is 12.7. The van der Waals surface area contributed by atoms with Crippen LogP contribution in [-0.4, -0.2) is 160 Å². The van der Waals surface area contributed by atoms with Crippen molar-refractivity contribution in [1.29, 1.82) is 0 Å². The molecule has 0 spiro atoms. The maximum absolute atomic E-state index is 9.82. The molecule has 17 heteroatoms. The number of carbonyl (C=O) groups is 5. The first kappa shape index (κ1) is 42.5. The zero-order valence-electron chi connectivity index (χ0n) is 23.9. The Morgan fingerprint density at radius 3 is 1.34 bits per heavy atom. The summed E-state index contributed by atoms with van der Waals surface area (Å²) in [5.74, 6) is -7.48. The highest BCUT2D eigenvalue weighted by Crippen LogP contribution is 2.22. The minimum absolute atomic E-state index is 0.0935. The van der Waals surface area contributed by atoms with Crippen molar-refractivity contribution in [3.8, 4) is 0 Å². The Morgan fingerprint density at radius 2 is 1.07 bits per heavy atom. The normalized spacial score (nSPS) is 21.2. The third kappa shape index (κ3) is 20.6. The van der Waals surface area contributed by atoms with Gasteiger partial charge in [0.15, 0.2) is 24.4 Å². The van der Waals surface area contributed by atoms with E-state index in [4.69, 9.17) is 50.8 Å². The average molecular weight is 603 g/mol. The van der Waals surface area contributed by atoms with E-state index in [1.807, 2.05) is 0 Å². The number of aliphatic hydroxyl groups is 5. The number of rotatable bonds is 12. The summed E-state index contributed by atoms with van der Waals surface area (Å²) in [5, 5.41) is 82.3. The van der Waals surface area contributed by atoms with Crippen LogP contribution in [0.25, 0.3) is 0 Å². The molecule has 41 heavy (non-hydrogen) atoms. The van der Waals surface area contributed by atoms with Gasteiger partial charge in [0.25, 0.3) is 5.97 Å². The molecular weight excluding hydrogens is 556 g/mol. The molecule has 1 aliphatic heterocycles. The van der Waals surface area contributed by atoms with Gasteiger partial charge in [-0.1, -0.05) is 20.8 Å². The molecule has 1 saturated heterocycles. The third-order valence-electron chi connectivity index (χ3n) is 5.81. The first-order valence-electron chi connectivity index (χ1n) is 12.7. The smallest absolute Gasteiger partial charge is 0.335 e. The lowest BCUT2D eigenvalue weighted by Crippen LogP contribution is -2.48. The summed E-state index contributed by atoms with van der Waals surface area (Å²) < 4.78 is 0. The Morgan fingerprint density at radius 1 is 0.756 bits per heavy atom. The van der Waals surface area contributed by atoms with E-state index in [9.17, 15) is 24.3 Å². The molecule has 1 aliphatic rings. The number of carboxylic acids is 5. The largest absolute Gasteiger partial charge is 0.481 e. The summed E-state index contributed by atoms with van der Waals surface area (Å²) in [6.45, 7) is 15.7. The van der Waals surface area contributed by atoms with E-state index in [-0.39, 0.29) is 6.10 Å². The van der Waals surface area contributed by atoms with Gasteiger partial charge in [-0.3, -0.25) is 4.79 Å². The van der Waals surface area contributed by atoms with Gasteiger partial charge in [-0.25, -0.2) is 19.2 Å². The van der Waals surface area contributed by atoms with Crippen molar-refractivity contribution in [2.75, 3.05) is 32.7 Å². The van der Waals surface area contributed by atoms with Gasteiger partial charge in [-0.05, 0) is 51.9 Å². The molecule has 1 heterocycles. The average Bonchev–Trinajstić information content (AvgIpc) is 2.87. The Kier molecular flexibility index (Phi) is 23.6. The zero-order valence-corrected chi connectivity index (χ0v) is 23.9. The van der Waals surface area contributed by atoms with Crippen LogP contribution in [0.4, 0.5) is 0 Å². The summed E-state index contributed by atoms with van der Waals surface area (Å²) in [4.78, 5) is 53.1. The van der Waals surface area contributed by atoms with Gasteiger partial charge < -0.3 is 60.9 Å².